The summed E-state index contributed by atoms with van der Waals surface area (Å²) in [6.07, 6.45) is 10.2. The Morgan fingerprint density at radius 2 is 1.15 bits per heavy atom. The topological polar surface area (TPSA) is 3.24 Å². The first-order valence-corrected chi connectivity index (χ1v) is 15.7. The predicted molar refractivity (Wildman–Crippen MR) is 175 cm³/mol. The number of hydrogen-bond acceptors (Lipinski definition) is 1. The lowest BCUT2D eigenvalue weighted by atomic mass is 9.70. The van der Waals surface area contributed by atoms with E-state index >= 15 is 0 Å². The van der Waals surface area contributed by atoms with Gasteiger partial charge in [0.05, 0.1) is 0 Å². The van der Waals surface area contributed by atoms with E-state index in [1.165, 1.54) is 90.6 Å². The highest BCUT2D eigenvalue weighted by atomic mass is 15.1. The summed E-state index contributed by atoms with van der Waals surface area (Å²) in [5.41, 5.74) is 12.6. The molecule has 0 aromatic heterocycles. The van der Waals surface area contributed by atoms with Crippen molar-refractivity contribution in [3.8, 4) is 22.3 Å². The molecule has 4 aromatic rings. The average Bonchev–Trinajstić information content (AvgIpc) is 3.26. The number of anilines is 2. The first-order valence-electron chi connectivity index (χ1n) is 15.7. The van der Waals surface area contributed by atoms with E-state index in [9.17, 15) is 0 Å². The monoisotopic (exact) mass is 529 g/mol. The minimum Gasteiger partial charge on any atom is -0.345 e. The summed E-state index contributed by atoms with van der Waals surface area (Å²) in [6, 6.07) is 34.6. The number of unbranched alkanes of at least 4 members (excludes halogenated alkanes) is 4. The van der Waals surface area contributed by atoms with Gasteiger partial charge < -0.3 is 4.90 Å². The fourth-order valence-corrected chi connectivity index (χ4v) is 6.76. The van der Waals surface area contributed by atoms with Crippen molar-refractivity contribution < 1.29 is 0 Å². The molecule has 0 atom stereocenters. The first kappa shape index (κ1) is 28.2. The van der Waals surface area contributed by atoms with Gasteiger partial charge in [-0.25, -0.2) is 0 Å². The van der Waals surface area contributed by atoms with Crippen molar-refractivity contribution in [2.75, 3.05) is 11.9 Å². The van der Waals surface area contributed by atoms with Gasteiger partial charge in [-0.05, 0) is 82.0 Å². The highest BCUT2D eigenvalue weighted by Crippen LogP contribution is 2.55. The smallest absolute Gasteiger partial charge is 0.0411 e. The van der Waals surface area contributed by atoms with Gasteiger partial charge in [-0.3, -0.25) is 0 Å². The van der Waals surface area contributed by atoms with Crippen molar-refractivity contribution in [1.82, 2.24) is 0 Å². The summed E-state index contributed by atoms with van der Waals surface area (Å²) in [7, 11) is 2.21. The molecule has 1 nitrogen and oxygen atoms in total. The van der Waals surface area contributed by atoms with Gasteiger partial charge in [-0.15, -0.1) is 0 Å². The largest absolute Gasteiger partial charge is 0.345 e. The van der Waals surface area contributed by atoms with Crippen LogP contribution in [0, 0.1) is 0 Å². The molecule has 1 heteroatoms. The van der Waals surface area contributed by atoms with E-state index in [0.29, 0.717) is 5.92 Å². The van der Waals surface area contributed by atoms with Crippen LogP contribution < -0.4 is 4.90 Å². The third-order valence-corrected chi connectivity index (χ3v) is 9.22. The average molecular weight is 530 g/mol. The van der Waals surface area contributed by atoms with Gasteiger partial charge in [0, 0.05) is 23.8 Å². The minimum absolute atomic E-state index is 0.124. The third-order valence-electron chi connectivity index (χ3n) is 9.22. The van der Waals surface area contributed by atoms with Crippen molar-refractivity contribution in [1.29, 1.82) is 0 Å². The van der Waals surface area contributed by atoms with Crippen molar-refractivity contribution in [2.45, 2.75) is 90.4 Å². The van der Waals surface area contributed by atoms with E-state index in [1.807, 2.05) is 0 Å². The first-order chi connectivity index (χ1) is 19.5. The Bertz CT molecular complexity index is 1380. The molecule has 0 radical (unpaired) electrons. The van der Waals surface area contributed by atoms with Gasteiger partial charge in [0.1, 0.15) is 0 Å². The molecule has 0 fully saturated rings. The maximum atomic E-state index is 2.52. The van der Waals surface area contributed by atoms with Crippen LogP contribution in [0.5, 0.6) is 0 Å². The molecule has 0 heterocycles. The van der Waals surface area contributed by atoms with Crippen LogP contribution in [0.1, 0.15) is 102 Å². The predicted octanol–water partition coefficient (Wildman–Crippen LogP) is 11.7. The molecule has 0 amide bonds. The summed E-state index contributed by atoms with van der Waals surface area (Å²) in [5.74, 6) is 0.558. The Balaban J connectivity index is 1.47. The summed E-state index contributed by atoms with van der Waals surface area (Å²) < 4.78 is 0. The second kappa shape index (κ2) is 12.5. The molecule has 208 valence electrons. The fourth-order valence-electron chi connectivity index (χ4n) is 6.76. The summed E-state index contributed by atoms with van der Waals surface area (Å²) in [5, 5.41) is 0. The van der Waals surface area contributed by atoms with Crippen LogP contribution in [0.15, 0.2) is 91.0 Å². The molecule has 40 heavy (non-hydrogen) atoms. The fraction of sp³-hybridized carbons (Fsp3) is 0.385. The van der Waals surface area contributed by atoms with Crippen LogP contribution in [0.2, 0.25) is 0 Å². The van der Waals surface area contributed by atoms with Crippen molar-refractivity contribution in [3.63, 3.8) is 0 Å². The van der Waals surface area contributed by atoms with Gasteiger partial charge >= 0.3 is 0 Å². The number of nitrogens with zero attached hydrogens (tertiary/aromatic N) is 1. The Morgan fingerprint density at radius 3 is 1.75 bits per heavy atom. The SMILES string of the molecule is CCCCCC1(CCCCC)c2ccccc2-c2ccc(N(C)c3ccc(-c4ccc(C(C)C)cc4)cc3)cc21. The zero-order chi connectivity index (χ0) is 28.1. The van der Waals surface area contributed by atoms with Gasteiger partial charge in [-0.2, -0.15) is 0 Å². The van der Waals surface area contributed by atoms with Crippen molar-refractivity contribution >= 4 is 11.4 Å². The lowest BCUT2D eigenvalue weighted by molar-refractivity contribution is 0.405. The van der Waals surface area contributed by atoms with E-state index in [-0.39, 0.29) is 5.41 Å². The van der Waals surface area contributed by atoms with Crippen molar-refractivity contribution in [2.24, 2.45) is 0 Å². The van der Waals surface area contributed by atoms with Gasteiger partial charge in [0.2, 0.25) is 0 Å². The van der Waals surface area contributed by atoms with Crippen LogP contribution >= 0.6 is 0 Å². The van der Waals surface area contributed by atoms with E-state index < -0.39 is 0 Å². The van der Waals surface area contributed by atoms with Crippen molar-refractivity contribution in [3.05, 3.63) is 108 Å². The Kier molecular flexibility index (Phi) is 8.79. The molecule has 0 bridgehead atoms. The lowest BCUT2D eigenvalue weighted by Crippen LogP contribution is -2.26. The molecule has 0 N–H and O–H groups in total. The highest BCUT2D eigenvalue weighted by molar-refractivity contribution is 5.83. The maximum absolute atomic E-state index is 2.52. The molecule has 4 aromatic carbocycles. The van der Waals surface area contributed by atoms with Gasteiger partial charge in [-0.1, -0.05) is 133 Å². The van der Waals surface area contributed by atoms with Crippen LogP contribution in [0.4, 0.5) is 11.4 Å². The Labute approximate surface area is 243 Å². The Morgan fingerprint density at radius 1 is 0.600 bits per heavy atom. The number of rotatable bonds is 12. The molecule has 5 rings (SSSR count). The minimum atomic E-state index is 0.124. The summed E-state index contributed by atoms with van der Waals surface area (Å²) in [6.45, 7) is 9.13. The van der Waals surface area contributed by atoms with E-state index in [1.54, 1.807) is 11.1 Å². The quantitative estimate of drug-likeness (QED) is 0.165. The maximum Gasteiger partial charge on any atom is 0.0411 e. The summed E-state index contributed by atoms with van der Waals surface area (Å²) in [4.78, 5) is 2.36. The molecular formula is C39H47N. The number of benzene rings is 4. The molecule has 0 spiro atoms. The third kappa shape index (κ3) is 5.49. The summed E-state index contributed by atoms with van der Waals surface area (Å²) >= 11 is 0. The second-order valence-electron chi connectivity index (χ2n) is 12.2. The van der Waals surface area contributed by atoms with Crippen LogP contribution in [0.3, 0.4) is 0 Å². The normalized spacial score (nSPS) is 13.3. The van der Waals surface area contributed by atoms with Crippen LogP contribution in [-0.2, 0) is 5.41 Å². The standard InChI is InChI=1S/C39H47N/c1-6-8-12-26-39(27-13-9-7-2)37-15-11-10-14-35(37)36-25-24-34(28-38(36)39)40(5)33-22-20-32(21-23-33)31-18-16-30(17-19-31)29(3)4/h10-11,14-25,28-29H,6-9,12-13,26-27H2,1-5H3. The van der Waals surface area contributed by atoms with Gasteiger partial charge in [0.25, 0.3) is 0 Å². The number of hydrogen-bond donors (Lipinski definition) is 0. The van der Waals surface area contributed by atoms with Gasteiger partial charge in [0.15, 0.2) is 0 Å². The lowest BCUT2D eigenvalue weighted by Gasteiger charge is -2.33. The molecule has 0 aliphatic heterocycles. The molecule has 0 saturated heterocycles. The van der Waals surface area contributed by atoms with Crippen LogP contribution in [-0.4, -0.2) is 7.05 Å². The molecule has 0 unspecified atom stereocenters. The van der Waals surface area contributed by atoms with Crippen LogP contribution in [0.25, 0.3) is 22.3 Å². The zero-order valence-corrected chi connectivity index (χ0v) is 25.3. The molecule has 0 saturated carbocycles. The molecular weight excluding hydrogens is 482 g/mol. The van der Waals surface area contributed by atoms with E-state index in [2.05, 4.69) is 131 Å². The highest BCUT2D eigenvalue weighted by Gasteiger charge is 2.42. The molecule has 1 aliphatic carbocycles. The van der Waals surface area contributed by atoms with E-state index in [0.717, 1.165) is 0 Å². The zero-order valence-electron chi connectivity index (χ0n) is 25.3. The molecule has 1 aliphatic rings. The van der Waals surface area contributed by atoms with E-state index in [4.69, 9.17) is 0 Å². The second-order valence-corrected chi connectivity index (χ2v) is 12.2. The Hall–Kier alpha value is -3.32. The number of fused-ring (bicyclic) bond motifs is 3.